The Kier molecular flexibility index (Phi) is 7.66. The lowest BCUT2D eigenvalue weighted by Crippen LogP contribution is -3.00. The summed E-state index contributed by atoms with van der Waals surface area (Å²) < 4.78 is 1.00. The molecule has 2 aromatic carbocycles. The van der Waals surface area contributed by atoms with Crippen molar-refractivity contribution in [3.05, 3.63) is 71.8 Å². The van der Waals surface area contributed by atoms with Gasteiger partial charge in [-0.3, -0.25) is 4.79 Å². The van der Waals surface area contributed by atoms with Crippen LogP contribution in [0.1, 0.15) is 24.0 Å². The van der Waals surface area contributed by atoms with E-state index in [9.17, 15) is 4.79 Å². The van der Waals surface area contributed by atoms with Crippen molar-refractivity contribution in [2.24, 2.45) is 11.7 Å². The first-order valence-electron chi connectivity index (χ1n) is 9.33. The lowest BCUT2D eigenvalue weighted by Gasteiger charge is -2.38. The molecular formula is C22H28Br2N2O. The molecule has 1 aliphatic rings. The number of halogens is 2. The number of primary amides is 1. The zero-order valence-corrected chi connectivity index (χ0v) is 19.0. The fourth-order valence-corrected chi connectivity index (χ4v) is 4.96. The van der Waals surface area contributed by atoms with Gasteiger partial charge in [-0.25, -0.2) is 0 Å². The summed E-state index contributed by atoms with van der Waals surface area (Å²) in [5.74, 6) is -0.0426. The van der Waals surface area contributed by atoms with Crippen molar-refractivity contribution >= 4 is 21.8 Å². The maximum absolute atomic E-state index is 13.0. The van der Waals surface area contributed by atoms with Gasteiger partial charge >= 0.3 is 0 Å². The minimum Gasteiger partial charge on any atom is -1.00 e. The summed E-state index contributed by atoms with van der Waals surface area (Å²) in [6, 6.07) is 20.2. The number of quaternary nitrogens is 1. The van der Waals surface area contributed by atoms with Crippen molar-refractivity contribution in [2.75, 3.05) is 32.0 Å². The highest BCUT2D eigenvalue weighted by Gasteiger charge is 2.53. The van der Waals surface area contributed by atoms with Crippen LogP contribution in [0.25, 0.3) is 0 Å². The molecule has 0 radical (unpaired) electrons. The van der Waals surface area contributed by atoms with E-state index in [1.54, 1.807) is 0 Å². The summed E-state index contributed by atoms with van der Waals surface area (Å²) >= 11 is 3.55. The first-order chi connectivity index (χ1) is 12.5. The van der Waals surface area contributed by atoms with Crippen LogP contribution in [0, 0.1) is 5.92 Å². The summed E-state index contributed by atoms with van der Waals surface area (Å²) in [4.78, 5) is 13.0. The molecule has 2 atom stereocenters. The number of amides is 1. The summed E-state index contributed by atoms with van der Waals surface area (Å²) in [7, 11) is 2.31. The van der Waals surface area contributed by atoms with E-state index in [1.807, 2.05) is 36.4 Å². The van der Waals surface area contributed by atoms with Gasteiger partial charge in [0.05, 0.1) is 26.7 Å². The molecule has 3 nitrogen and oxygen atoms in total. The van der Waals surface area contributed by atoms with Crippen LogP contribution in [0.3, 0.4) is 0 Å². The number of hydrogen-bond donors (Lipinski definition) is 1. The van der Waals surface area contributed by atoms with E-state index in [2.05, 4.69) is 47.2 Å². The van der Waals surface area contributed by atoms with Crippen LogP contribution in [0.2, 0.25) is 0 Å². The van der Waals surface area contributed by atoms with Crippen molar-refractivity contribution < 1.29 is 26.3 Å². The first kappa shape index (κ1) is 22.1. The molecule has 1 amide bonds. The largest absolute Gasteiger partial charge is 1.00 e. The van der Waals surface area contributed by atoms with E-state index in [0.717, 1.165) is 53.4 Å². The van der Waals surface area contributed by atoms with E-state index in [4.69, 9.17) is 5.73 Å². The molecule has 2 unspecified atom stereocenters. The molecule has 5 heteroatoms. The second-order valence-corrected chi connectivity index (χ2v) is 8.47. The Morgan fingerprint density at radius 2 is 1.63 bits per heavy atom. The quantitative estimate of drug-likeness (QED) is 0.446. The van der Waals surface area contributed by atoms with Crippen molar-refractivity contribution in [1.29, 1.82) is 0 Å². The van der Waals surface area contributed by atoms with Gasteiger partial charge in [0, 0.05) is 24.1 Å². The molecule has 2 aromatic rings. The predicted molar refractivity (Wildman–Crippen MR) is 110 cm³/mol. The summed E-state index contributed by atoms with van der Waals surface area (Å²) in [5.41, 5.74) is 7.40. The Morgan fingerprint density at radius 3 is 2.07 bits per heavy atom. The Hall–Kier alpha value is -1.17. The molecule has 1 saturated heterocycles. The number of nitrogens with two attached hydrogens (primary N) is 1. The smallest absolute Gasteiger partial charge is 0.233 e. The molecule has 146 valence electrons. The topological polar surface area (TPSA) is 43.1 Å². The number of nitrogens with zero attached hydrogens (tertiary/aromatic N) is 1. The minimum atomic E-state index is -0.771. The highest BCUT2D eigenvalue weighted by molar-refractivity contribution is 9.09. The monoisotopic (exact) mass is 494 g/mol. The summed E-state index contributed by atoms with van der Waals surface area (Å²) in [5, 5.41) is 1.02. The molecule has 1 fully saturated rings. The lowest BCUT2D eigenvalue weighted by atomic mass is 9.64. The number of likely N-dealkylation sites (tertiary alicyclic amines) is 1. The van der Waals surface area contributed by atoms with Crippen molar-refractivity contribution in [2.45, 2.75) is 18.3 Å². The van der Waals surface area contributed by atoms with E-state index in [1.165, 1.54) is 0 Å². The molecule has 0 bridgehead atoms. The normalized spacial score (nSPS) is 22.2. The molecule has 2 N–H and O–H groups in total. The van der Waals surface area contributed by atoms with Gasteiger partial charge in [0.2, 0.25) is 5.91 Å². The third-order valence-corrected chi connectivity index (χ3v) is 6.53. The highest BCUT2D eigenvalue weighted by Crippen LogP contribution is 2.45. The van der Waals surface area contributed by atoms with Gasteiger partial charge in [0.1, 0.15) is 5.41 Å². The van der Waals surface area contributed by atoms with E-state index >= 15 is 0 Å². The van der Waals surface area contributed by atoms with Crippen molar-refractivity contribution in [3.8, 4) is 0 Å². The number of carbonyl (C=O) groups excluding carboxylic acids is 1. The molecule has 1 aliphatic heterocycles. The molecule has 0 aliphatic carbocycles. The number of hydrogen-bond acceptors (Lipinski definition) is 1. The number of carbonyl (C=O) groups is 1. The van der Waals surface area contributed by atoms with Crippen LogP contribution in [-0.2, 0) is 10.2 Å². The van der Waals surface area contributed by atoms with Crippen LogP contribution in [0.15, 0.2) is 60.7 Å². The van der Waals surface area contributed by atoms with Gasteiger partial charge in [0.15, 0.2) is 0 Å². The maximum Gasteiger partial charge on any atom is 0.233 e. The molecule has 0 spiro atoms. The van der Waals surface area contributed by atoms with E-state index in [0.29, 0.717) is 0 Å². The molecule has 27 heavy (non-hydrogen) atoms. The third kappa shape index (κ3) is 4.30. The SMILES string of the molecule is C[N+]1(CCCBr)CCC(C(C(N)=O)(c2ccccc2)c2ccccc2)C1.[Br-]. The zero-order chi connectivity index (χ0) is 18.6. The fourth-order valence-electron chi connectivity index (χ4n) is 4.71. The Labute approximate surface area is 181 Å². The fraction of sp³-hybridized carbons (Fsp3) is 0.409. The first-order valence-corrected chi connectivity index (χ1v) is 10.5. The maximum atomic E-state index is 13.0. The van der Waals surface area contributed by atoms with Gasteiger partial charge in [-0.1, -0.05) is 76.6 Å². The van der Waals surface area contributed by atoms with Gasteiger partial charge in [-0.05, 0) is 11.1 Å². The minimum absolute atomic E-state index is 0. The van der Waals surface area contributed by atoms with Crippen molar-refractivity contribution in [3.63, 3.8) is 0 Å². The second kappa shape index (κ2) is 9.35. The van der Waals surface area contributed by atoms with Gasteiger partial charge in [-0.2, -0.15) is 0 Å². The summed E-state index contributed by atoms with van der Waals surface area (Å²) in [6.07, 6.45) is 2.15. The summed E-state index contributed by atoms with van der Waals surface area (Å²) in [6.45, 7) is 3.19. The molecule has 3 rings (SSSR count). The zero-order valence-electron chi connectivity index (χ0n) is 15.8. The van der Waals surface area contributed by atoms with Crippen LogP contribution in [0.5, 0.6) is 0 Å². The van der Waals surface area contributed by atoms with Gasteiger partial charge in [0.25, 0.3) is 0 Å². The Bertz CT molecular complexity index is 699. The van der Waals surface area contributed by atoms with Crippen molar-refractivity contribution in [1.82, 2.24) is 0 Å². The second-order valence-electron chi connectivity index (χ2n) is 7.68. The Morgan fingerprint density at radius 1 is 1.11 bits per heavy atom. The lowest BCUT2D eigenvalue weighted by molar-refractivity contribution is -0.899. The molecular weight excluding hydrogens is 468 g/mol. The van der Waals surface area contributed by atoms with Crippen LogP contribution >= 0.6 is 15.9 Å². The number of rotatable bonds is 7. The highest BCUT2D eigenvalue weighted by atomic mass is 79.9. The number of benzene rings is 2. The average Bonchev–Trinajstić information content (AvgIpc) is 3.05. The molecule has 0 aromatic heterocycles. The standard InChI is InChI=1S/C22H27BrN2O.BrH/c1-25(15-8-14-23)16-13-20(17-25)22(21(24)26,18-9-4-2-5-10-18)19-11-6-3-7-12-19;/h2-7,9-12,20H,8,13-17H2,1H3,(H-,24,26);1H. The molecule has 0 saturated carbocycles. The Balaban J connectivity index is 0.00000261. The van der Waals surface area contributed by atoms with Crippen LogP contribution < -0.4 is 22.7 Å². The van der Waals surface area contributed by atoms with E-state index in [-0.39, 0.29) is 28.8 Å². The average molecular weight is 496 g/mol. The predicted octanol–water partition coefficient (Wildman–Crippen LogP) is 0.714. The molecule has 1 heterocycles. The third-order valence-electron chi connectivity index (χ3n) is 5.97. The van der Waals surface area contributed by atoms with E-state index < -0.39 is 5.41 Å². The number of alkyl halides is 1. The van der Waals surface area contributed by atoms with Gasteiger partial charge < -0.3 is 27.2 Å². The van der Waals surface area contributed by atoms with Gasteiger partial charge in [-0.15, -0.1) is 0 Å². The van der Waals surface area contributed by atoms with Crippen LogP contribution in [-0.4, -0.2) is 42.4 Å². The van der Waals surface area contributed by atoms with Crippen LogP contribution in [0.4, 0.5) is 0 Å².